The fourth-order valence-electron chi connectivity index (χ4n) is 6.11. The lowest BCUT2D eigenvalue weighted by molar-refractivity contribution is 0.102. The minimum Gasteiger partial charge on any atom is -0.313 e. The predicted molar refractivity (Wildman–Crippen MR) is 172 cm³/mol. The summed E-state index contributed by atoms with van der Waals surface area (Å²) in [5.41, 5.74) is 6.09. The number of carbonyl (C=O) groups is 1. The van der Waals surface area contributed by atoms with Crippen LogP contribution in [0.5, 0.6) is 0 Å². The molecule has 0 radical (unpaired) electrons. The minimum absolute atomic E-state index is 0.101. The molecule has 0 bridgehead atoms. The standard InChI is InChI=1S/C34H30N4OS2/c1-33(2)19-23-28(31-36-25-16-10-11-17-27(25)40-31)32(41-29(23)34(3,4)38-33)37-30(39)22-18-26(20-12-6-5-7-13-20)35-24-15-9-8-14-21(22)24/h5-18,38H,19H2,1-4H3,(H,37,39). The molecule has 0 saturated carbocycles. The molecular formula is C34H30N4OS2. The molecule has 1 aliphatic rings. The molecule has 0 unspecified atom stereocenters. The highest BCUT2D eigenvalue weighted by atomic mass is 32.1. The van der Waals surface area contributed by atoms with Crippen molar-refractivity contribution >= 4 is 54.7 Å². The Balaban J connectivity index is 1.39. The van der Waals surface area contributed by atoms with Crippen LogP contribution in [0.2, 0.25) is 0 Å². The second-order valence-corrected chi connectivity index (χ2v) is 13.9. The van der Waals surface area contributed by atoms with Crippen LogP contribution < -0.4 is 10.6 Å². The largest absolute Gasteiger partial charge is 0.313 e. The third kappa shape index (κ3) is 4.64. The van der Waals surface area contributed by atoms with Crippen molar-refractivity contribution < 1.29 is 4.79 Å². The fraction of sp³-hybridized carbons (Fsp3) is 0.206. The highest BCUT2D eigenvalue weighted by Crippen LogP contribution is 2.50. The number of para-hydroxylation sites is 2. The lowest BCUT2D eigenvalue weighted by atomic mass is 9.81. The van der Waals surface area contributed by atoms with E-state index in [-0.39, 0.29) is 17.0 Å². The zero-order chi connectivity index (χ0) is 28.4. The van der Waals surface area contributed by atoms with Gasteiger partial charge in [-0.2, -0.15) is 0 Å². The van der Waals surface area contributed by atoms with Gasteiger partial charge in [0.15, 0.2) is 0 Å². The number of nitrogens with one attached hydrogen (secondary N) is 2. The quantitative estimate of drug-likeness (QED) is 0.221. The van der Waals surface area contributed by atoms with Gasteiger partial charge in [0.05, 0.1) is 27.0 Å². The van der Waals surface area contributed by atoms with Crippen LogP contribution in [0.1, 0.15) is 48.5 Å². The highest BCUT2D eigenvalue weighted by Gasteiger charge is 2.41. The highest BCUT2D eigenvalue weighted by molar-refractivity contribution is 7.23. The monoisotopic (exact) mass is 574 g/mol. The van der Waals surface area contributed by atoms with Crippen LogP contribution in [-0.2, 0) is 12.0 Å². The average molecular weight is 575 g/mol. The summed E-state index contributed by atoms with van der Waals surface area (Å²) >= 11 is 3.34. The van der Waals surface area contributed by atoms with E-state index in [1.807, 2.05) is 72.8 Å². The number of hydrogen-bond donors (Lipinski definition) is 2. The van der Waals surface area contributed by atoms with Gasteiger partial charge in [0, 0.05) is 32.5 Å². The molecule has 5 nitrogen and oxygen atoms in total. The molecule has 4 heterocycles. The normalized spacial score (nSPS) is 15.6. The van der Waals surface area contributed by atoms with Gasteiger partial charge >= 0.3 is 0 Å². The van der Waals surface area contributed by atoms with Crippen molar-refractivity contribution in [1.29, 1.82) is 0 Å². The molecule has 1 amide bonds. The van der Waals surface area contributed by atoms with Crippen molar-refractivity contribution in [2.75, 3.05) is 5.32 Å². The predicted octanol–water partition coefficient (Wildman–Crippen LogP) is 8.65. The van der Waals surface area contributed by atoms with E-state index in [2.05, 4.69) is 50.5 Å². The maximum absolute atomic E-state index is 14.2. The number of rotatable bonds is 4. The van der Waals surface area contributed by atoms with E-state index in [1.165, 1.54) is 10.4 Å². The van der Waals surface area contributed by atoms with Crippen molar-refractivity contribution in [2.24, 2.45) is 0 Å². The molecule has 0 saturated heterocycles. The zero-order valence-corrected chi connectivity index (χ0v) is 25.0. The van der Waals surface area contributed by atoms with Gasteiger partial charge in [0.1, 0.15) is 10.0 Å². The molecule has 0 fully saturated rings. The lowest BCUT2D eigenvalue weighted by Crippen LogP contribution is -2.54. The number of fused-ring (bicyclic) bond motifs is 3. The van der Waals surface area contributed by atoms with Crippen molar-refractivity contribution in [1.82, 2.24) is 15.3 Å². The Labute approximate surface area is 247 Å². The number of thiazole rings is 1. The number of pyridine rings is 1. The Kier molecular flexibility index (Phi) is 6.08. The molecular weight excluding hydrogens is 545 g/mol. The van der Waals surface area contributed by atoms with Gasteiger partial charge in [-0.1, -0.05) is 60.7 Å². The summed E-state index contributed by atoms with van der Waals surface area (Å²) in [6.45, 7) is 8.92. The molecule has 0 atom stereocenters. The Morgan fingerprint density at radius 3 is 2.34 bits per heavy atom. The first-order chi connectivity index (χ1) is 19.7. The lowest BCUT2D eigenvalue weighted by Gasteiger charge is -2.42. The van der Waals surface area contributed by atoms with E-state index >= 15 is 0 Å². The van der Waals surface area contributed by atoms with Crippen LogP contribution in [0.25, 0.3) is 42.9 Å². The van der Waals surface area contributed by atoms with Crippen LogP contribution in [0.4, 0.5) is 5.00 Å². The smallest absolute Gasteiger partial charge is 0.257 e. The fourth-order valence-corrected chi connectivity index (χ4v) is 8.49. The third-order valence-corrected chi connectivity index (χ3v) is 10.1. The Hall–Kier alpha value is -3.91. The van der Waals surface area contributed by atoms with Gasteiger partial charge < -0.3 is 10.6 Å². The molecule has 41 heavy (non-hydrogen) atoms. The van der Waals surface area contributed by atoms with Gasteiger partial charge in [0.25, 0.3) is 5.91 Å². The molecule has 7 heteroatoms. The minimum atomic E-state index is -0.250. The second kappa shape index (κ2) is 9.58. The average Bonchev–Trinajstić information content (AvgIpc) is 3.53. The Bertz CT molecular complexity index is 1920. The third-order valence-electron chi connectivity index (χ3n) is 7.61. The maximum Gasteiger partial charge on any atom is 0.257 e. The van der Waals surface area contributed by atoms with Gasteiger partial charge in [-0.05, 0) is 63.9 Å². The number of thiophene rings is 1. The summed E-state index contributed by atoms with van der Waals surface area (Å²) in [6, 6.07) is 28.0. The van der Waals surface area contributed by atoms with E-state index in [1.54, 1.807) is 22.7 Å². The van der Waals surface area contributed by atoms with Crippen molar-refractivity contribution in [3.63, 3.8) is 0 Å². The van der Waals surface area contributed by atoms with E-state index in [0.29, 0.717) is 5.56 Å². The Morgan fingerprint density at radius 1 is 0.854 bits per heavy atom. The molecule has 6 aromatic rings. The number of aromatic nitrogens is 2. The van der Waals surface area contributed by atoms with Crippen LogP contribution in [0, 0.1) is 0 Å². The van der Waals surface area contributed by atoms with E-state index in [9.17, 15) is 4.79 Å². The molecule has 3 aromatic heterocycles. The molecule has 0 aliphatic carbocycles. The molecule has 7 rings (SSSR count). The van der Waals surface area contributed by atoms with Crippen LogP contribution in [0.15, 0.2) is 84.9 Å². The second-order valence-electron chi connectivity index (χ2n) is 11.8. The molecule has 2 N–H and O–H groups in total. The SMILES string of the molecule is CC1(C)Cc2c(sc(NC(=O)c3cc(-c4ccccc4)nc4ccccc34)c2-c2nc3ccccc3s2)C(C)(C)N1. The zero-order valence-electron chi connectivity index (χ0n) is 23.4. The van der Waals surface area contributed by atoms with Gasteiger partial charge in [-0.15, -0.1) is 22.7 Å². The molecule has 0 spiro atoms. The van der Waals surface area contributed by atoms with Gasteiger partial charge in [0.2, 0.25) is 0 Å². The first-order valence-electron chi connectivity index (χ1n) is 13.8. The number of amides is 1. The number of hydrogen-bond acceptors (Lipinski definition) is 6. The van der Waals surface area contributed by atoms with Crippen LogP contribution in [-0.4, -0.2) is 21.4 Å². The number of nitrogens with zero attached hydrogens (tertiary/aromatic N) is 2. The van der Waals surface area contributed by atoms with Crippen molar-refractivity contribution in [2.45, 2.75) is 45.2 Å². The van der Waals surface area contributed by atoms with E-state index < -0.39 is 0 Å². The van der Waals surface area contributed by atoms with Gasteiger partial charge in [-0.3, -0.25) is 4.79 Å². The van der Waals surface area contributed by atoms with E-state index in [0.717, 1.165) is 54.4 Å². The maximum atomic E-state index is 14.2. The topological polar surface area (TPSA) is 66.9 Å². The summed E-state index contributed by atoms with van der Waals surface area (Å²) in [5, 5.41) is 9.78. The number of benzene rings is 3. The number of carbonyl (C=O) groups excluding carboxylic acids is 1. The van der Waals surface area contributed by atoms with Crippen molar-refractivity contribution in [3.05, 3.63) is 101 Å². The molecule has 1 aliphatic heterocycles. The van der Waals surface area contributed by atoms with Crippen LogP contribution in [0.3, 0.4) is 0 Å². The first-order valence-corrected chi connectivity index (χ1v) is 15.4. The molecule has 204 valence electrons. The summed E-state index contributed by atoms with van der Waals surface area (Å²) in [4.78, 5) is 25.4. The van der Waals surface area contributed by atoms with Crippen LogP contribution >= 0.6 is 22.7 Å². The first kappa shape index (κ1) is 26.0. The number of anilines is 1. The van der Waals surface area contributed by atoms with Gasteiger partial charge in [-0.25, -0.2) is 9.97 Å². The van der Waals surface area contributed by atoms with E-state index in [4.69, 9.17) is 9.97 Å². The summed E-state index contributed by atoms with van der Waals surface area (Å²) in [6.07, 6.45) is 0.847. The van der Waals surface area contributed by atoms with Crippen molar-refractivity contribution in [3.8, 4) is 21.8 Å². The Morgan fingerprint density at radius 2 is 1.56 bits per heavy atom. The summed E-state index contributed by atoms with van der Waals surface area (Å²) in [5.74, 6) is -0.147. The summed E-state index contributed by atoms with van der Waals surface area (Å²) < 4.78 is 1.14. The summed E-state index contributed by atoms with van der Waals surface area (Å²) in [7, 11) is 0. The molecule has 3 aromatic carbocycles.